The first-order chi connectivity index (χ1) is 6.38. The highest BCUT2D eigenvalue weighted by Gasteiger charge is 2.20. The summed E-state index contributed by atoms with van der Waals surface area (Å²) in [7, 11) is 0. The molecule has 2 rings (SSSR count). The first-order valence-electron chi connectivity index (χ1n) is 5.15. The monoisotopic (exact) mass is 179 g/mol. The van der Waals surface area contributed by atoms with Crippen molar-refractivity contribution in [3.8, 4) is 0 Å². The van der Waals surface area contributed by atoms with Gasteiger partial charge in [-0.3, -0.25) is 5.10 Å². The van der Waals surface area contributed by atoms with Crippen molar-refractivity contribution in [1.82, 2.24) is 15.5 Å². The largest absolute Gasteiger partial charge is 0.308 e. The topological polar surface area (TPSA) is 40.7 Å². The van der Waals surface area contributed by atoms with Crippen LogP contribution in [0.5, 0.6) is 0 Å². The molecule has 0 amide bonds. The Morgan fingerprint density at radius 2 is 2.46 bits per heavy atom. The van der Waals surface area contributed by atoms with Gasteiger partial charge in [0.15, 0.2) is 0 Å². The number of H-pyrrole nitrogens is 1. The van der Waals surface area contributed by atoms with Crippen LogP contribution in [-0.2, 0) is 13.0 Å². The molecule has 0 unspecified atom stereocenters. The highest BCUT2D eigenvalue weighted by Crippen LogP contribution is 2.19. The van der Waals surface area contributed by atoms with Crippen molar-refractivity contribution in [3.63, 3.8) is 0 Å². The van der Waals surface area contributed by atoms with E-state index in [1.54, 1.807) is 0 Å². The predicted octanol–water partition coefficient (Wildman–Crippen LogP) is 1.61. The molecule has 1 saturated carbocycles. The quantitative estimate of drug-likeness (QED) is 0.721. The summed E-state index contributed by atoms with van der Waals surface area (Å²) in [6, 6.07) is 2.94. The third-order valence-corrected chi connectivity index (χ3v) is 2.35. The van der Waals surface area contributed by atoms with Crippen molar-refractivity contribution >= 4 is 0 Å². The molecule has 13 heavy (non-hydrogen) atoms. The lowest BCUT2D eigenvalue weighted by Crippen LogP contribution is -2.15. The fraction of sp³-hybridized carbons (Fsp3) is 0.700. The van der Waals surface area contributed by atoms with Crippen LogP contribution in [0.1, 0.15) is 37.6 Å². The lowest BCUT2D eigenvalue weighted by molar-refractivity contribution is 0.672. The summed E-state index contributed by atoms with van der Waals surface area (Å²) in [5.41, 5.74) is 2.41. The molecule has 3 nitrogen and oxygen atoms in total. The molecule has 2 N–H and O–H groups in total. The summed E-state index contributed by atoms with van der Waals surface area (Å²) >= 11 is 0. The van der Waals surface area contributed by atoms with Crippen molar-refractivity contribution < 1.29 is 0 Å². The predicted molar refractivity (Wildman–Crippen MR) is 52.4 cm³/mol. The summed E-state index contributed by atoms with van der Waals surface area (Å²) in [5.74, 6) is 0. The Balaban J connectivity index is 1.81. The molecule has 1 aliphatic carbocycles. The molecule has 1 aromatic heterocycles. The number of nitrogens with zero attached hydrogens (tertiary/aromatic N) is 1. The Morgan fingerprint density at radius 1 is 1.62 bits per heavy atom. The molecule has 1 aromatic rings. The average Bonchev–Trinajstić information content (AvgIpc) is 2.85. The number of aromatic nitrogens is 2. The van der Waals surface area contributed by atoms with Gasteiger partial charge in [0.05, 0.1) is 5.69 Å². The number of hydrogen-bond donors (Lipinski definition) is 2. The summed E-state index contributed by atoms with van der Waals surface area (Å²) < 4.78 is 0. The van der Waals surface area contributed by atoms with Gasteiger partial charge in [-0.15, -0.1) is 0 Å². The van der Waals surface area contributed by atoms with Crippen molar-refractivity contribution in [2.24, 2.45) is 0 Å². The molecule has 0 aromatic carbocycles. The van der Waals surface area contributed by atoms with E-state index >= 15 is 0 Å². The van der Waals surface area contributed by atoms with E-state index in [9.17, 15) is 0 Å². The minimum absolute atomic E-state index is 0.776. The van der Waals surface area contributed by atoms with E-state index in [0.717, 1.165) is 19.0 Å². The van der Waals surface area contributed by atoms with Crippen LogP contribution < -0.4 is 5.32 Å². The molecule has 0 atom stereocenters. The van der Waals surface area contributed by atoms with Gasteiger partial charge in [-0.05, 0) is 25.3 Å². The zero-order valence-electron chi connectivity index (χ0n) is 8.14. The highest BCUT2D eigenvalue weighted by atomic mass is 15.1. The highest BCUT2D eigenvalue weighted by molar-refractivity contribution is 5.08. The Morgan fingerprint density at radius 3 is 3.15 bits per heavy atom. The van der Waals surface area contributed by atoms with Crippen LogP contribution >= 0.6 is 0 Å². The van der Waals surface area contributed by atoms with E-state index in [1.807, 2.05) is 0 Å². The first kappa shape index (κ1) is 8.75. The number of rotatable bonds is 5. The van der Waals surface area contributed by atoms with E-state index in [4.69, 9.17) is 0 Å². The maximum Gasteiger partial charge on any atom is 0.0625 e. The van der Waals surface area contributed by atoms with Gasteiger partial charge >= 0.3 is 0 Å². The molecule has 0 bridgehead atoms. The molecule has 0 saturated heterocycles. The van der Waals surface area contributed by atoms with Crippen molar-refractivity contribution in [1.29, 1.82) is 0 Å². The third-order valence-electron chi connectivity index (χ3n) is 2.35. The van der Waals surface area contributed by atoms with E-state index < -0.39 is 0 Å². The number of aryl methyl sites for hydroxylation is 1. The standard InChI is InChI=1S/C10H17N3/c1-2-3-9-6-10(13-12-9)7-11-8-4-5-8/h6,8,11H,2-5,7H2,1H3,(H,12,13). The van der Waals surface area contributed by atoms with Gasteiger partial charge in [0, 0.05) is 18.3 Å². The van der Waals surface area contributed by atoms with Gasteiger partial charge in [-0.1, -0.05) is 13.3 Å². The van der Waals surface area contributed by atoms with E-state index in [0.29, 0.717) is 0 Å². The van der Waals surface area contributed by atoms with Gasteiger partial charge in [0.2, 0.25) is 0 Å². The maximum atomic E-state index is 4.24. The van der Waals surface area contributed by atoms with Gasteiger partial charge in [0.25, 0.3) is 0 Å². The number of hydrogen-bond acceptors (Lipinski definition) is 2. The van der Waals surface area contributed by atoms with Crippen LogP contribution in [0.15, 0.2) is 6.07 Å². The fourth-order valence-corrected chi connectivity index (χ4v) is 1.43. The smallest absolute Gasteiger partial charge is 0.0625 e. The molecule has 72 valence electrons. The van der Waals surface area contributed by atoms with Crippen LogP contribution in [0.4, 0.5) is 0 Å². The SMILES string of the molecule is CCCc1cc(CNC2CC2)[nH]n1. The first-order valence-corrected chi connectivity index (χ1v) is 5.15. The molecule has 1 heterocycles. The van der Waals surface area contributed by atoms with Crippen molar-refractivity contribution in [2.45, 2.75) is 45.2 Å². The third kappa shape index (κ3) is 2.56. The summed E-state index contributed by atoms with van der Waals surface area (Å²) in [6.45, 7) is 3.12. The lowest BCUT2D eigenvalue weighted by Gasteiger charge is -1.97. The zero-order chi connectivity index (χ0) is 9.10. The van der Waals surface area contributed by atoms with Gasteiger partial charge < -0.3 is 5.32 Å². The van der Waals surface area contributed by atoms with Crippen LogP contribution in [0.3, 0.4) is 0 Å². The Bertz CT molecular complexity index is 263. The Labute approximate surface area is 78.9 Å². The molecular weight excluding hydrogens is 162 g/mol. The van der Waals surface area contributed by atoms with Gasteiger partial charge in [-0.2, -0.15) is 5.10 Å². The van der Waals surface area contributed by atoms with Crippen LogP contribution in [-0.4, -0.2) is 16.2 Å². The molecule has 3 heteroatoms. The second kappa shape index (κ2) is 3.92. The normalized spacial score (nSPS) is 16.4. The number of aromatic amines is 1. The minimum Gasteiger partial charge on any atom is -0.308 e. The van der Waals surface area contributed by atoms with Crippen molar-refractivity contribution in [3.05, 3.63) is 17.5 Å². The molecule has 0 radical (unpaired) electrons. The molecule has 1 aliphatic rings. The molecular formula is C10H17N3. The van der Waals surface area contributed by atoms with Crippen LogP contribution in [0, 0.1) is 0 Å². The molecule has 0 spiro atoms. The minimum atomic E-state index is 0.776. The summed E-state index contributed by atoms with van der Waals surface area (Å²) in [4.78, 5) is 0. The number of nitrogens with one attached hydrogen (secondary N) is 2. The molecule has 1 fully saturated rings. The summed E-state index contributed by atoms with van der Waals surface area (Å²) in [6.07, 6.45) is 4.94. The van der Waals surface area contributed by atoms with Gasteiger partial charge in [0.1, 0.15) is 0 Å². The lowest BCUT2D eigenvalue weighted by atomic mass is 10.2. The van der Waals surface area contributed by atoms with Crippen molar-refractivity contribution in [2.75, 3.05) is 0 Å². The Hall–Kier alpha value is -0.830. The van der Waals surface area contributed by atoms with Crippen LogP contribution in [0.2, 0.25) is 0 Å². The second-order valence-corrected chi connectivity index (χ2v) is 3.79. The van der Waals surface area contributed by atoms with Gasteiger partial charge in [-0.25, -0.2) is 0 Å². The second-order valence-electron chi connectivity index (χ2n) is 3.79. The van der Waals surface area contributed by atoms with Crippen LogP contribution in [0.25, 0.3) is 0 Å². The van der Waals surface area contributed by atoms with E-state index in [2.05, 4.69) is 28.5 Å². The fourth-order valence-electron chi connectivity index (χ4n) is 1.43. The summed E-state index contributed by atoms with van der Waals surface area (Å²) in [5, 5.41) is 10.8. The Kier molecular flexibility index (Phi) is 2.64. The van der Waals surface area contributed by atoms with E-state index in [1.165, 1.54) is 30.7 Å². The average molecular weight is 179 g/mol. The van der Waals surface area contributed by atoms with E-state index in [-0.39, 0.29) is 0 Å². The zero-order valence-corrected chi connectivity index (χ0v) is 8.14. The maximum absolute atomic E-state index is 4.24. The molecule has 0 aliphatic heterocycles.